The molecule has 0 aromatic heterocycles. The molecule has 2 aromatic carbocycles. The number of anilines is 2. The maximum absolute atomic E-state index is 12.5. The van der Waals surface area contributed by atoms with Gasteiger partial charge >= 0.3 is 6.29 Å². The number of nitro groups is 2. The van der Waals surface area contributed by atoms with Crippen LogP contribution in [0, 0.1) is 27.2 Å². The minimum absolute atomic E-state index is 0.0347. The fourth-order valence-electron chi connectivity index (χ4n) is 2.55. The molecule has 158 valence electrons. The zero-order valence-electron chi connectivity index (χ0n) is 16.0. The van der Waals surface area contributed by atoms with E-state index in [0.29, 0.717) is 0 Å². The van der Waals surface area contributed by atoms with E-state index in [9.17, 15) is 29.8 Å². The topological polar surface area (TPSA) is 191 Å². The Morgan fingerprint density at radius 3 is 2.23 bits per heavy atom. The predicted octanol–water partition coefficient (Wildman–Crippen LogP) is 2.31. The highest BCUT2D eigenvalue weighted by Crippen LogP contribution is 2.34. The molecule has 0 aliphatic carbocycles. The monoisotopic (exact) mass is 418 g/mol. The number of hydrogen-bond acceptors (Lipinski definition) is 10. The Labute approximate surface area is 169 Å². The molecule has 0 fully saturated rings. The lowest BCUT2D eigenvalue weighted by molar-refractivity contribution is -0.384. The Hall–Kier alpha value is -4.22. The largest absolute Gasteiger partial charge is 0.448 e. The zero-order chi connectivity index (χ0) is 22.6. The van der Waals surface area contributed by atoms with Crippen LogP contribution < -0.4 is 20.9 Å². The Kier molecular flexibility index (Phi) is 6.52. The van der Waals surface area contributed by atoms with Crippen LogP contribution in [0.3, 0.4) is 0 Å². The molecule has 0 bridgehead atoms. The number of carbonyl (C=O) groups excluding carboxylic acids is 2. The predicted molar refractivity (Wildman–Crippen MR) is 105 cm³/mol. The van der Waals surface area contributed by atoms with Gasteiger partial charge in [0.05, 0.1) is 27.9 Å². The van der Waals surface area contributed by atoms with E-state index in [1.165, 1.54) is 38.1 Å². The molecule has 0 amide bonds. The lowest BCUT2D eigenvalue weighted by Gasteiger charge is -2.20. The third-order valence-corrected chi connectivity index (χ3v) is 3.96. The first kappa shape index (κ1) is 22.1. The summed E-state index contributed by atoms with van der Waals surface area (Å²) in [6, 6.07) is 6.00. The standard InChI is InChI=1S/C18H18N4O8/c1-9(23)7-15(24)18(29-11-3-4-12(19)14(8-11)21(25)26)30-16-6-5-13(20)17(10(16)2)22(27)28/h3-6,8,18H,7,19-20H2,1-2H3. The molecule has 0 heterocycles. The van der Waals surface area contributed by atoms with Gasteiger partial charge in [0, 0.05) is 0 Å². The summed E-state index contributed by atoms with van der Waals surface area (Å²) in [6.45, 7) is 2.55. The minimum atomic E-state index is -1.71. The zero-order valence-corrected chi connectivity index (χ0v) is 16.0. The van der Waals surface area contributed by atoms with Gasteiger partial charge in [0.1, 0.15) is 28.7 Å². The van der Waals surface area contributed by atoms with Crippen LogP contribution in [0.1, 0.15) is 18.9 Å². The van der Waals surface area contributed by atoms with Gasteiger partial charge in [0.25, 0.3) is 11.4 Å². The first-order valence-corrected chi connectivity index (χ1v) is 8.44. The van der Waals surface area contributed by atoms with E-state index in [4.69, 9.17) is 20.9 Å². The van der Waals surface area contributed by atoms with Crippen molar-refractivity contribution in [3.63, 3.8) is 0 Å². The molecule has 2 aromatic rings. The van der Waals surface area contributed by atoms with Gasteiger partial charge < -0.3 is 20.9 Å². The van der Waals surface area contributed by atoms with Crippen LogP contribution in [0.15, 0.2) is 30.3 Å². The van der Waals surface area contributed by atoms with Crippen LogP contribution in [0.5, 0.6) is 11.5 Å². The van der Waals surface area contributed by atoms with E-state index in [0.717, 1.165) is 6.07 Å². The third kappa shape index (κ3) is 4.98. The van der Waals surface area contributed by atoms with Crippen molar-refractivity contribution >= 4 is 34.3 Å². The quantitative estimate of drug-likeness (QED) is 0.201. The number of rotatable bonds is 9. The summed E-state index contributed by atoms with van der Waals surface area (Å²) in [4.78, 5) is 44.7. The van der Waals surface area contributed by atoms with Crippen molar-refractivity contribution in [2.75, 3.05) is 11.5 Å². The molecular formula is C18H18N4O8. The van der Waals surface area contributed by atoms with Gasteiger partial charge in [-0.15, -0.1) is 0 Å². The number of nitrogens with zero attached hydrogens (tertiary/aromatic N) is 2. The van der Waals surface area contributed by atoms with Crippen molar-refractivity contribution in [3.05, 3.63) is 56.1 Å². The molecule has 12 heteroatoms. The molecular weight excluding hydrogens is 400 g/mol. The fraction of sp³-hybridized carbons (Fsp3) is 0.222. The van der Waals surface area contributed by atoms with Crippen LogP contribution in [0.25, 0.3) is 0 Å². The molecule has 0 spiro atoms. The van der Waals surface area contributed by atoms with Crippen LogP contribution in [-0.4, -0.2) is 27.7 Å². The highest BCUT2D eigenvalue weighted by Gasteiger charge is 2.28. The number of nitro benzene ring substituents is 2. The molecule has 30 heavy (non-hydrogen) atoms. The molecule has 0 saturated heterocycles. The third-order valence-electron chi connectivity index (χ3n) is 3.96. The van der Waals surface area contributed by atoms with Gasteiger partial charge in [0.2, 0.25) is 5.78 Å². The first-order valence-electron chi connectivity index (χ1n) is 8.44. The van der Waals surface area contributed by atoms with E-state index >= 15 is 0 Å². The molecule has 1 unspecified atom stereocenters. The molecule has 12 nitrogen and oxygen atoms in total. The lowest BCUT2D eigenvalue weighted by atomic mass is 10.1. The normalized spacial score (nSPS) is 11.4. The Bertz CT molecular complexity index is 1040. The van der Waals surface area contributed by atoms with Gasteiger partial charge in [-0.25, -0.2) is 0 Å². The molecule has 2 rings (SSSR count). The fourth-order valence-corrected chi connectivity index (χ4v) is 2.55. The van der Waals surface area contributed by atoms with E-state index in [1.54, 1.807) is 0 Å². The summed E-state index contributed by atoms with van der Waals surface area (Å²) in [5, 5.41) is 22.3. The van der Waals surface area contributed by atoms with E-state index in [1.807, 2.05) is 0 Å². The average molecular weight is 418 g/mol. The smallest absolute Gasteiger partial charge is 0.301 e. The van der Waals surface area contributed by atoms with Gasteiger partial charge in [-0.1, -0.05) is 0 Å². The number of Topliss-reactive ketones (excluding diaryl/α,β-unsaturated/α-hetero) is 2. The van der Waals surface area contributed by atoms with E-state index in [2.05, 4.69) is 0 Å². The van der Waals surface area contributed by atoms with Crippen molar-refractivity contribution in [1.29, 1.82) is 0 Å². The summed E-state index contributed by atoms with van der Waals surface area (Å²) >= 11 is 0. The number of ether oxygens (including phenoxy) is 2. The van der Waals surface area contributed by atoms with E-state index < -0.39 is 45.5 Å². The summed E-state index contributed by atoms with van der Waals surface area (Å²) in [7, 11) is 0. The molecule has 0 saturated carbocycles. The van der Waals surface area contributed by atoms with Gasteiger partial charge in [-0.3, -0.25) is 29.8 Å². The first-order chi connectivity index (χ1) is 14.0. The summed E-state index contributed by atoms with van der Waals surface area (Å²) in [6.07, 6.45) is -2.25. The summed E-state index contributed by atoms with van der Waals surface area (Å²) < 4.78 is 10.9. The number of ketones is 2. The molecule has 1 atom stereocenters. The second-order valence-corrected chi connectivity index (χ2v) is 6.27. The average Bonchev–Trinajstić information content (AvgIpc) is 2.63. The highest BCUT2D eigenvalue weighted by molar-refractivity contribution is 5.99. The summed E-state index contributed by atoms with van der Waals surface area (Å²) in [5.41, 5.74) is 10.1. The Balaban J connectivity index is 2.43. The van der Waals surface area contributed by atoms with Crippen molar-refractivity contribution < 1.29 is 28.9 Å². The van der Waals surface area contributed by atoms with Crippen molar-refractivity contribution in [2.45, 2.75) is 26.6 Å². The van der Waals surface area contributed by atoms with Crippen LogP contribution >= 0.6 is 0 Å². The molecule has 0 aliphatic heterocycles. The maximum atomic E-state index is 12.5. The van der Waals surface area contributed by atoms with Crippen molar-refractivity contribution in [2.24, 2.45) is 0 Å². The number of benzene rings is 2. The second kappa shape index (κ2) is 8.86. The number of hydrogen-bond donors (Lipinski definition) is 2. The SMILES string of the molecule is CC(=O)CC(=O)C(Oc1ccc(N)c([N+](=O)[O-])c1)Oc1ccc(N)c([N+](=O)[O-])c1C. The van der Waals surface area contributed by atoms with Gasteiger partial charge in [-0.2, -0.15) is 0 Å². The highest BCUT2D eigenvalue weighted by atomic mass is 16.7. The second-order valence-electron chi connectivity index (χ2n) is 6.27. The molecule has 0 radical (unpaired) electrons. The van der Waals surface area contributed by atoms with Gasteiger partial charge in [-0.05, 0) is 38.1 Å². The van der Waals surface area contributed by atoms with Crippen molar-refractivity contribution in [3.8, 4) is 11.5 Å². The van der Waals surface area contributed by atoms with Gasteiger partial charge in [0.15, 0.2) is 0 Å². The Morgan fingerprint density at radius 1 is 1.03 bits per heavy atom. The molecule has 4 N–H and O–H groups in total. The lowest BCUT2D eigenvalue weighted by Crippen LogP contribution is -2.34. The van der Waals surface area contributed by atoms with Crippen LogP contribution in [-0.2, 0) is 9.59 Å². The molecule has 0 aliphatic rings. The van der Waals surface area contributed by atoms with Crippen LogP contribution in [0.2, 0.25) is 0 Å². The minimum Gasteiger partial charge on any atom is -0.448 e. The summed E-state index contributed by atoms with van der Waals surface area (Å²) in [5.74, 6) is -1.47. The number of nitrogens with two attached hydrogens (primary N) is 2. The van der Waals surface area contributed by atoms with E-state index in [-0.39, 0.29) is 28.4 Å². The number of carbonyl (C=O) groups is 2. The Morgan fingerprint density at radius 2 is 1.67 bits per heavy atom. The number of nitrogen functional groups attached to an aromatic ring is 2. The van der Waals surface area contributed by atoms with Crippen molar-refractivity contribution in [1.82, 2.24) is 0 Å². The maximum Gasteiger partial charge on any atom is 0.301 e. The van der Waals surface area contributed by atoms with Crippen LogP contribution in [0.4, 0.5) is 22.7 Å².